The van der Waals surface area contributed by atoms with Crippen molar-refractivity contribution in [2.45, 2.75) is 138 Å². The van der Waals surface area contributed by atoms with Gasteiger partial charge in [-0.2, -0.15) is 0 Å². The van der Waals surface area contributed by atoms with Crippen LogP contribution in [0.15, 0.2) is 188 Å². The van der Waals surface area contributed by atoms with Gasteiger partial charge in [-0.05, 0) is 277 Å². The molecule has 0 aliphatic heterocycles. The van der Waals surface area contributed by atoms with Crippen LogP contribution in [0.25, 0.3) is 176 Å². The van der Waals surface area contributed by atoms with E-state index in [-0.39, 0.29) is 22.3 Å². The predicted octanol–water partition coefficient (Wildman–Crippen LogP) is 24.7. The summed E-state index contributed by atoms with van der Waals surface area (Å²) in [6, 6.07) is 45.5. The van der Waals surface area contributed by atoms with E-state index in [2.05, 4.69) is 98.3 Å². The lowest BCUT2D eigenvalue weighted by atomic mass is 9.95. The molecule has 0 aliphatic rings. The molecule has 576 valence electrons. The van der Waals surface area contributed by atoms with Crippen LogP contribution < -0.4 is 18.3 Å². The number of hydrogen-bond donors (Lipinski definition) is 0. The molecule has 12 heterocycles. The maximum atomic E-state index is 8.30. The van der Waals surface area contributed by atoms with E-state index >= 15 is 0 Å². The van der Waals surface area contributed by atoms with Crippen LogP contribution in [0.3, 0.4) is 0 Å². The summed E-state index contributed by atoms with van der Waals surface area (Å²) < 4.78 is 177. The third-order valence-electron chi connectivity index (χ3n) is 23.1. The van der Waals surface area contributed by atoms with E-state index in [0.29, 0.717) is 77.0 Å². The second-order valence-corrected chi connectivity index (χ2v) is 31.7. The topological polar surface area (TPSA) is 120 Å². The molecule has 0 bridgehead atoms. The van der Waals surface area contributed by atoms with E-state index in [1.54, 1.807) is 74.1 Å². The molecule has 12 aromatic heterocycles. The summed E-state index contributed by atoms with van der Waals surface area (Å²) in [7, 11) is 7.36. The van der Waals surface area contributed by atoms with Gasteiger partial charge in [-0.3, -0.25) is 19.9 Å². The number of benzene rings is 8. The molecule has 0 N–H and O–H groups in total. The highest BCUT2D eigenvalue weighted by molar-refractivity contribution is 6.18. The Balaban J connectivity index is 0.000000124. The zero-order chi connectivity index (χ0) is 96.8. The summed E-state index contributed by atoms with van der Waals surface area (Å²) in [6.07, 6.45) is 8.35. The van der Waals surface area contributed by atoms with Gasteiger partial charge in [0.2, 0.25) is 22.8 Å². The molecule has 0 aliphatic carbocycles. The molecule has 20 aromatic rings. The molecule has 0 saturated carbocycles. The third-order valence-corrected chi connectivity index (χ3v) is 23.1. The molecule has 0 spiro atoms. The van der Waals surface area contributed by atoms with Gasteiger partial charge in [-0.25, -0.2) is 18.3 Å². The van der Waals surface area contributed by atoms with Gasteiger partial charge in [0.1, 0.15) is 72.9 Å². The summed E-state index contributed by atoms with van der Waals surface area (Å²) in [5, 5.41) is 10.3. The minimum atomic E-state index is -2.40. The predicted molar refractivity (Wildman–Crippen MR) is 477 cm³/mol. The Bertz CT molecular complexity index is 8390. The van der Waals surface area contributed by atoms with Gasteiger partial charge < -0.3 is 17.7 Å². The molecule has 116 heavy (non-hydrogen) atoms. The minimum absolute atomic E-state index is 0.178. The Kier molecular flexibility index (Phi) is 14.1. The molecular weight excluding hydrogens is 1430 g/mol. The van der Waals surface area contributed by atoms with Crippen molar-refractivity contribution in [3.8, 4) is 45.0 Å². The number of pyridine rings is 8. The van der Waals surface area contributed by atoms with Gasteiger partial charge in [-0.15, -0.1) is 0 Å². The largest absolute Gasteiger partial charge is 0.455 e. The van der Waals surface area contributed by atoms with Crippen molar-refractivity contribution in [3.63, 3.8) is 0 Å². The summed E-state index contributed by atoms with van der Waals surface area (Å²) in [4.78, 5) is 18.6. The average Bonchev–Trinajstić information content (AvgIpc) is 1.80. The van der Waals surface area contributed by atoms with Gasteiger partial charge in [-0.1, -0.05) is 48.5 Å². The van der Waals surface area contributed by atoms with Gasteiger partial charge in [0.05, 0.1) is 44.3 Å². The van der Waals surface area contributed by atoms with Crippen LogP contribution in [0.5, 0.6) is 0 Å². The zero-order valence-electron chi connectivity index (χ0n) is 86.4. The number of aryl methyl sites for hydroxylation is 24. The number of aromatic nitrogens is 8. The number of rotatable bonds is 4. The molecule has 20 rings (SSSR count). The van der Waals surface area contributed by atoms with Crippen molar-refractivity contribution in [2.75, 3.05) is 0 Å². The van der Waals surface area contributed by atoms with E-state index in [9.17, 15) is 0 Å². The maximum Gasteiger partial charge on any atom is 0.216 e. The highest BCUT2D eigenvalue weighted by Gasteiger charge is 2.29. The fourth-order valence-corrected chi connectivity index (χ4v) is 16.7. The quantitative estimate of drug-likeness (QED) is 0.160. The fraction of sp³-hybridized carbons (Fsp3) is 0.231. The first kappa shape index (κ1) is 57.3. The van der Waals surface area contributed by atoms with Gasteiger partial charge >= 0.3 is 0 Å². The molecule has 8 aromatic carbocycles. The highest BCUT2D eigenvalue weighted by atomic mass is 16.3. The van der Waals surface area contributed by atoms with Crippen molar-refractivity contribution in [1.29, 1.82) is 0 Å². The first-order valence-corrected chi connectivity index (χ1v) is 38.7. The third kappa shape index (κ3) is 12.9. The van der Waals surface area contributed by atoms with Crippen molar-refractivity contribution in [3.05, 3.63) is 282 Å². The molecule has 12 nitrogen and oxygen atoms in total. The molecule has 0 amide bonds. The van der Waals surface area contributed by atoms with Crippen LogP contribution in [-0.2, 0) is 28.2 Å². The Labute approximate surface area is 702 Å². The van der Waals surface area contributed by atoms with Crippen molar-refractivity contribution in [1.82, 2.24) is 19.9 Å². The second-order valence-electron chi connectivity index (χ2n) is 31.7. The van der Waals surface area contributed by atoms with Crippen molar-refractivity contribution >= 4 is 131 Å². The lowest BCUT2D eigenvalue weighted by molar-refractivity contribution is -0.660. The molecule has 0 saturated heterocycles. The standard InChI is InChI=1S/4C26H25N2O/c1-14-10-22(28(6)13-17(14)4)25-16(3)9-15(2)24-20-12-21-19(8-7-18(5)27-21)11-23(20)29-26(24)25;1-14-9-19-11-22-24(18(5)25(19)27-12-14)20-8-7-15(2)23(26(20)29-22)21-10-16(3)17(4)13-28(21)6;1-14-7-8-20-21-12-22-19(9-16(3)18(5)27-22)11-24(21)29-26(20)25(14)23-10-15(2)17(4)13-28(23)6;1-14-7-8-19-21-11-22-20(16(3)9-18(5)27-22)12-24(21)29-26(19)25(14)23-10-15(2)17(4)13-28(23)6/h4*7-13H,1-6H3/q4*+1/i2D3,4D3;4D3,5D3;2*4D3. The Morgan fingerprint density at radius 2 is 0.733 bits per heavy atom. The lowest BCUT2D eigenvalue weighted by Crippen LogP contribution is -2.31. The number of hydrogen-bond acceptors (Lipinski definition) is 8. The second kappa shape index (κ2) is 28.6. The van der Waals surface area contributed by atoms with E-state index in [1.807, 2.05) is 151 Å². The molecule has 0 unspecified atom stereocenters. The summed E-state index contributed by atoms with van der Waals surface area (Å²) in [5.41, 5.74) is 29.7. The first-order valence-electron chi connectivity index (χ1n) is 47.7. The van der Waals surface area contributed by atoms with Gasteiger partial charge in [0.15, 0.2) is 24.8 Å². The summed E-state index contributed by atoms with van der Waals surface area (Å²) in [6.45, 7) is 13.7. The monoisotopic (exact) mass is 1540 g/mol. The molecular formula is C104H100N8O4+4. The smallest absolute Gasteiger partial charge is 0.216 e. The molecule has 0 radical (unpaired) electrons. The highest BCUT2D eigenvalue weighted by Crippen LogP contribution is 2.45. The Morgan fingerprint density at radius 1 is 0.284 bits per heavy atom. The van der Waals surface area contributed by atoms with Crippen LogP contribution in [0.2, 0.25) is 0 Å². The zero-order valence-corrected chi connectivity index (χ0v) is 68.4. The fourth-order valence-electron chi connectivity index (χ4n) is 16.7. The molecule has 0 atom stereocenters. The van der Waals surface area contributed by atoms with Gasteiger partial charge in [0.25, 0.3) is 0 Å². The van der Waals surface area contributed by atoms with E-state index in [1.165, 1.54) is 5.56 Å². The van der Waals surface area contributed by atoms with E-state index in [0.717, 1.165) is 183 Å². The van der Waals surface area contributed by atoms with Crippen LogP contribution in [0.4, 0.5) is 0 Å². The summed E-state index contributed by atoms with van der Waals surface area (Å²) in [5.74, 6) is 0. The van der Waals surface area contributed by atoms with Crippen LogP contribution in [0.1, 0.15) is 136 Å². The number of nitrogens with zero attached hydrogens (tertiary/aromatic N) is 8. The molecule has 12 heteroatoms. The number of furan rings is 4. The first-order chi connectivity index (χ1) is 62.6. The average molecular weight is 1540 g/mol. The number of fused-ring (bicyclic) bond motifs is 16. The van der Waals surface area contributed by atoms with Crippen LogP contribution >= 0.6 is 0 Å². The van der Waals surface area contributed by atoms with E-state index in [4.69, 9.17) is 52.3 Å². The normalized spacial score (nSPS) is 14.7. The Hall–Kier alpha value is -12.8. The van der Waals surface area contributed by atoms with Crippen molar-refractivity contribution < 1.29 is 60.6 Å². The van der Waals surface area contributed by atoms with Crippen molar-refractivity contribution in [2.24, 2.45) is 28.2 Å². The Morgan fingerprint density at radius 3 is 1.28 bits per heavy atom. The SMILES string of the molecule is [2H]C([2H])([2H])c1c[n+](C)c(-c2c(C)cc(C([2H])([2H])[2H])c3c2oc2cc4ccc(C)nc4cc23)cc1C.[2H]C([2H])([2H])c1c[n+](C)c(-c2c(C)ccc3c2oc2cc4c(C)cc(C)nc4cc23)cc1C.[2H]C([2H])([2H])c1c[n+](C)c(-c2c(C)ccc3c2oc2cc4cc(C)c(C)nc4cc23)cc1C.[2H]C([2H])([2H])c1c[n+](C)c(-c2c(C)ccc3c2oc2cc4cc(C)cnc4c(C([2H])([2H])[2H])c23)cc1C. The van der Waals surface area contributed by atoms with Crippen LogP contribution in [0, 0.1) is 138 Å². The van der Waals surface area contributed by atoms with Crippen LogP contribution in [-0.4, -0.2) is 19.9 Å². The van der Waals surface area contributed by atoms with E-state index < -0.39 is 41.1 Å². The minimum Gasteiger partial charge on any atom is -0.455 e. The molecule has 0 fully saturated rings. The summed E-state index contributed by atoms with van der Waals surface area (Å²) >= 11 is 0. The maximum absolute atomic E-state index is 8.30. The lowest BCUT2D eigenvalue weighted by Gasteiger charge is -2.09. The van der Waals surface area contributed by atoms with Gasteiger partial charge in [0, 0.05) is 159 Å².